The van der Waals surface area contributed by atoms with Gasteiger partial charge in [-0.2, -0.15) is 5.10 Å². The van der Waals surface area contributed by atoms with Crippen molar-refractivity contribution in [3.8, 4) is 11.5 Å². The quantitative estimate of drug-likeness (QED) is 0.422. The topological polar surface area (TPSA) is 85.6 Å². The first-order valence-electron chi connectivity index (χ1n) is 12.0. The highest BCUT2D eigenvalue weighted by atomic mass is 16.5. The lowest BCUT2D eigenvalue weighted by molar-refractivity contribution is -0.133. The molecule has 2 heterocycles. The number of amides is 2. The van der Waals surface area contributed by atoms with Gasteiger partial charge in [-0.3, -0.25) is 9.59 Å². The van der Waals surface area contributed by atoms with Crippen molar-refractivity contribution in [2.45, 2.75) is 12.5 Å². The monoisotopic (exact) mass is 504 g/mol. The molecule has 1 aliphatic rings. The molecule has 1 atom stereocenters. The number of hydrogen-bond donors (Lipinski definition) is 0. The van der Waals surface area contributed by atoms with Gasteiger partial charge in [-0.25, -0.2) is 5.01 Å². The summed E-state index contributed by atoms with van der Waals surface area (Å²) in [5.74, 6) is 0.847. The number of hydrogen-bond acceptors (Lipinski definition) is 6. The Morgan fingerprint density at radius 2 is 1.62 bits per heavy atom. The maximum absolute atomic E-state index is 13.7. The van der Waals surface area contributed by atoms with Gasteiger partial charge in [-0.05, 0) is 54.1 Å². The van der Waals surface area contributed by atoms with Crippen LogP contribution in [-0.4, -0.2) is 73.0 Å². The molecular weight excluding hydrogens is 472 g/mol. The third-order valence-electron chi connectivity index (χ3n) is 6.42. The lowest BCUT2D eigenvalue weighted by Crippen LogP contribution is -2.42. The molecule has 0 unspecified atom stereocenters. The number of rotatable bonds is 10. The van der Waals surface area contributed by atoms with Crippen LogP contribution in [0.4, 0.5) is 0 Å². The highest BCUT2D eigenvalue weighted by Gasteiger charge is 2.35. The van der Waals surface area contributed by atoms with Gasteiger partial charge in [0.1, 0.15) is 18.0 Å². The summed E-state index contributed by atoms with van der Waals surface area (Å²) >= 11 is 0. The number of carbonyl (C=O) groups excluding carboxylic acids is 2. The van der Waals surface area contributed by atoms with Crippen LogP contribution in [0.15, 0.2) is 72.0 Å². The average molecular weight is 505 g/mol. The summed E-state index contributed by atoms with van der Waals surface area (Å²) in [5.41, 5.74) is 3.16. The SMILES string of the molecule is COCCN(CC(=O)N1N=C(c2cccn2C)C[C@@H]1c1ccc(OC)cc1)C(=O)c1ccc(OC)cc1. The summed E-state index contributed by atoms with van der Waals surface area (Å²) in [6.45, 7) is 0.433. The zero-order valence-corrected chi connectivity index (χ0v) is 21.6. The predicted molar refractivity (Wildman–Crippen MR) is 140 cm³/mol. The minimum atomic E-state index is -0.302. The average Bonchev–Trinajstić information content (AvgIpc) is 3.57. The number of ether oxygens (including phenoxy) is 3. The molecule has 4 rings (SSSR count). The molecule has 0 saturated carbocycles. The van der Waals surface area contributed by atoms with Gasteiger partial charge in [0.2, 0.25) is 0 Å². The van der Waals surface area contributed by atoms with E-state index in [9.17, 15) is 9.59 Å². The van der Waals surface area contributed by atoms with Gasteiger partial charge in [0, 0.05) is 38.9 Å². The van der Waals surface area contributed by atoms with Crippen LogP contribution in [0.25, 0.3) is 0 Å². The number of hydrazone groups is 1. The molecule has 1 aromatic heterocycles. The van der Waals surface area contributed by atoms with Gasteiger partial charge in [-0.15, -0.1) is 0 Å². The summed E-state index contributed by atoms with van der Waals surface area (Å²) in [4.78, 5) is 28.5. The fraction of sp³-hybridized carbons (Fsp3) is 0.321. The summed E-state index contributed by atoms with van der Waals surface area (Å²) < 4.78 is 17.7. The molecule has 194 valence electrons. The molecule has 0 aliphatic carbocycles. The Bertz CT molecular complexity index is 1250. The maximum atomic E-state index is 13.7. The highest BCUT2D eigenvalue weighted by molar-refractivity contribution is 6.02. The Kier molecular flexibility index (Phi) is 8.25. The van der Waals surface area contributed by atoms with E-state index < -0.39 is 0 Å². The Morgan fingerprint density at radius 1 is 0.973 bits per heavy atom. The first-order chi connectivity index (χ1) is 17.9. The Hall–Kier alpha value is -4.11. The number of aromatic nitrogens is 1. The van der Waals surface area contributed by atoms with E-state index in [0.717, 1.165) is 22.7 Å². The zero-order chi connectivity index (χ0) is 26.4. The van der Waals surface area contributed by atoms with Crippen LogP contribution < -0.4 is 9.47 Å². The van der Waals surface area contributed by atoms with Gasteiger partial charge in [0.05, 0.1) is 38.3 Å². The summed E-state index contributed by atoms with van der Waals surface area (Å²) in [7, 11) is 6.70. The van der Waals surface area contributed by atoms with Gasteiger partial charge >= 0.3 is 0 Å². The third-order valence-corrected chi connectivity index (χ3v) is 6.42. The normalized spacial score (nSPS) is 14.9. The van der Waals surface area contributed by atoms with Crippen molar-refractivity contribution in [3.05, 3.63) is 83.7 Å². The maximum Gasteiger partial charge on any atom is 0.262 e. The van der Waals surface area contributed by atoms with Crippen LogP contribution in [-0.2, 0) is 16.6 Å². The largest absolute Gasteiger partial charge is 0.497 e. The van der Waals surface area contributed by atoms with Crippen molar-refractivity contribution in [3.63, 3.8) is 0 Å². The molecule has 9 heteroatoms. The summed E-state index contributed by atoms with van der Waals surface area (Å²) in [6, 6.07) is 18.1. The van der Waals surface area contributed by atoms with Gasteiger partial charge in [0.25, 0.3) is 11.8 Å². The van der Waals surface area contributed by atoms with E-state index in [0.29, 0.717) is 24.3 Å². The zero-order valence-electron chi connectivity index (χ0n) is 21.6. The van der Waals surface area contributed by atoms with Crippen LogP contribution >= 0.6 is 0 Å². The molecule has 3 aromatic rings. The third kappa shape index (κ3) is 5.83. The van der Waals surface area contributed by atoms with Gasteiger partial charge in [0.15, 0.2) is 0 Å². The number of benzene rings is 2. The van der Waals surface area contributed by atoms with Crippen molar-refractivity contribution in [2.24, 2.45) is 12.1 Å². The van der Waals surface area contributed by atoms with Crippen molar-refractivity contribution < 1.29 is 23.8 Å². The second-order valence-electron chi connectivity index (χ2n) is 8.73. The molecule has 0 N–H and O–H groups in total. The molecule has 0 saturated heterocycles. The molecule has 1 aliphatic heterocycles. The molecule has 0 spiro atoms. The number of carbonyl (C=O) groups is 2. The Labute approximate surface area is 216 Å². The van der Waals surface area contributed by atoms with Crippen LogP contribution in [0.5, 0.6) is 11.5 Å². The van der Waals surface area contributed by atoms with Crippen molar-refractivity contribution in [2.75, 3.05) is 41.0 Å². The lowest BCUT2D eigenvalue weighted by atomic mass is 10.0. The smallest absolute Gasteiger partial charge is 0.262 e. The Balaban J connectivity index is 1.61. The van der Waals surface area contributed by atoms with E-state index in [1.165, 1.54) is 9.91 Å². The van der Waals surface area contributed by atoms with E-state index in [2.05, 4.69) is 0 Å². The molecule has 37 heavy (non-hydrogen) atoms. The molecule has 0 bridgehead atoms. The number of methoxy groups -OCH3 is 3. The van der Waals surface area contributed by atoms with E-state index >= 15 is 0 Å². The van der Waals surface area contributed by atoms with Crippen molar-refractivity contribution >= 4 is 17.5 Å². The molecular formula is C28H32N4O5. The molecule has 0 radical (unpaired) electrons. The Morgan fingerprint density at radius 3 is 2.19 bits per heavy atom. The molecule has 0 fully saturated rings. The first-order valence-corrected chi connectivity index (χ1v) is 12.0. The predicted octanol–water partition coefficient (Wildman–Crippen LogP) is 3.51. The fourth-order valence-corrected chi connectivity index (χ4v) is 4.35. The van der Waals surface area contributed by atoms with Crippen LogP contribution in [0.1, 0.15) is 34.1 Å². The van der Waals surface area contributed by atoms with Crippen molar-refractivity contribution in [1.29, 1.82) is 0 Å². The van der Waals surface area contributed by atoms with Crippen LogP contribution in [0, 0.1) is 0 Å². The van der Waals surface area contributed by atoms with E-state index in [1.54, 1.807) is 45.6 Å². The number of nitrogens with zero attached hydrogens (tertiary/aromatic N) is 4. The lowest BCUT2D eigenvalue weighted by Gasteiger charge is -2.27. The van der Waals surface area contributed by atoms with E-state index in [-0.39, 0.29) is 30.9 Å². The van der Waals surface area contributed by atoms with E-state index in [4.69, 9.17) is 19.3 Å². The highest BCUT2D eigenvalue weighted by Crippen LogP contribution is 2.34. The van der Waals surface area contributed by atoms with Crippen molar-refractivity contribution in [1.82, 2.24) is 14.5 Å². The van der Waals surface area contributed by atoms with Gasteiger partial charge in [-0.1, -0.05) is 12.1 Å². The summed E-state index contributed by atoms with van der Waals surface area (Å²) in [5, 5.41) is 6.25. The second-order valence-corrected chi connectivity index (χ2v) is 8.73. The number of aryl methyl sites for hydroxylation is 1. The molecule has 2 aromatic carbocycles. The summed E-state index contributed by atoms with van der Waals surface area (Å²) in [6.07, 6.45) is 2.51. The van der Waals surface area contributed by atoms with Crippen LogP contribution in [0.3, 0.4) is 0 Å². The minimum absolute atomic E-state index is 0.134. The molecule has 2 amide bonds. The molecule has 9 nitrogen and oxygen atoms in total. The van der Waals surface area contributed by atoms with Crippen LogP contribution in [0.2, 0.25) is 0 Å². The van der Waals surface area contributed by atoms with Gasteiger partial charge < -0.3 is 23.7 Å². The second kappa shape index (κ2) is 11.7. The van der Waals surface area contributed by atoms with E-state index in [1.807, 2.05) is 54.2 Å². The fourth-order valence-electron chi connectivity index (χ4n) is 4.35. The minimum Gasteiger partial charge on any atom is -0.497 e. The first kappa shape index (κ1) is 26.0. The standard InChI is InChI=1S/C28H32N4O5/c1-30-15-5-6-25(30)24-18-26(20-7-11-22(36-3)12-8-20)32(29-24)27(33)19-31(16-17-35-2)28(34)21-9-13-23(37-4)14-10-21/h5-15,26H,16-19H2,1-4H3/t26-/m1/s1.